The third kappa shape index (κ3) is 1.91. The number of rotatable bonds is 2. The minimum Gasteiger partial charge on any atom is -0.507 e. The van der Waals surface area contributed by atoms with Crippen LogP contribution in [0.1, 0.15) is 0 Å². The highest BCUT2D eigenvalue weighted by Crippen LogP contribution is 2.28. The van der Waals surface area contributed by atoms with Crippen molar-refractivity contribution in [3.05, 3.63) is 42.6 Å². The average Bonchev–Trinajstić information content (AvgIpc) is 2.30. The van der Waals surface area contributed by atoms with E-state index in [0.29, 0.717) is 5.88 Å². The highest BCUT2D eigenvalue weighted by Gasteiger charge is 2.03. The molecular weight excluding hydrogens is 190 g/mol. The van der Waals surface area contributed by atoms with Crippen LogP contribution in [-0.2, 0) is 0 Å². The van der Waals surface area contributed by atoms with E-state index in [4.69, 9.17) is 4.74 Å². The first kappa shape index (κ1) is 9.52. The highest BCUT2D eigenvalue weighted by molar-refractivity contribution is 5.69. The van der Waals surface area contributed by atoms with Gasteiger partial charge in [0.2, 0.25) is 5.88 Å². The molecule has 0 spiro atoms. The molecule has 1 aromatic carbocycles. The van der Waals surface area contributed by atoms with Crippen LogP contribution >= 0.6 is 0 Å². The predicted octanol–water partition coefficient (Wildman–Crippen LogP) is 2.46. The third-order valence-electron chi connectivity index (χ3n) is 2.16. The normalized spacial score (nSPS) is 9.93. The van der Waals surface area contributed by atoms with Crippen LogP contribution < -0.4 is 4.74 Å². The minimum absolute atomic E-state index is 0.254. The fraction of sp³-hybridized carbons (Fsp3) is 0.0833. The van der Waals surface area contributed by atoms with Gasteiger partial charge in [-0.25, -0.2) is 4.98 Å². The van der Waals surface area contributed by atoms with Gasteiger partial charge >= 0.3 is 0 Å². The van der Waals surface area contributed by atoms with Crippen molar-refractivity contribution in [3.63, 3.8) is 0 Å². The second kappa shape index (κ2) is 4.00. The zero-order chi connectivity index (χ0) is 10.7. The summed E-state index contributed by atoms with van der Waals surface area (Å²) in [7, 11) is 1.57. The van der Waals surface area contributed by atoms with E-state index in [1.807, 2.05) is 18.2 Å². The number of para-hydroxylation sites is 1. The molecule has 15 heavy (non-hydrogen) atoms. The Morgan fingerprint density at radius 1 is 1.13 bits per heavy atom. The molecule has 0 fully saturated rings. The Hall–Kier alpha value is -2.03. The van der Waals surface area contributed by atoms with E-state index in [1.54, 1.807) is 31.5 Å². The summed E-state index contributed by atoms with van der Waals surface area (Å²) in [5.74, 6) is 0.818. The Labute approximate surface area is 88.0 Å². The summed E-state index contributed by atoms with van der Waals surface area (Å²) in [5, 5.41) is 9.63. The number of hydrogen-bond acceptors (Lipinski definition) is 3. The number of benzene rings is 1. The Bertz CT molecular complexity index is 451. The topological polar surface area (TPSA) is 42.4 Å². The van der Waals surface area contributed by atoms with Crippen molar-refractivity contribution in [2.75, 3.05) is 7.11 Å². The number of phenols is 1. The molecule has 0 atom stereocenters. The first-order valence-electron chi connectivity index (χ1n) is 4.59. The molecule has 1 aromatic heterocycles. The van der Waals surface area contributed by atoms with Gasteiger partial charge in [-0.2, -0.15) is 0 Å². The predicted molar refractivity (Wildman–Crippen MR) is 57.9 cm³/mol. The van der Waals surface area contributed by atoms with Crippen LogP contribution in [0.3, 0.4) is 0 Å². The summed E-state index contributed by atoms with van der Waals surface area (Å²) >= 11 is 0. The number of hydrogen-bond donors (Lipinski definition) is 1. The van der Waals surface area contributed by atoms with E-state index in [9.17, 15) is 5.11 Å². The Balaban J connectivity index is 2.42. The zero-order valence-corrected chi connectivity index (χ0v) is 8.34. The number of pyridine rings is 1. The van der Waals surface area contributed by atoms with Crippen molar-refractivity contribution in [1.29, 1.82) is 0 Å². The fourth-order valence-corrected chi connectivity index (χ4v) is 1.38. The lowest BCUT2D eigenvalue weighted by Crippen LogP contribution is -1.87. The van der Waals surface area contributed by atoms with Gasteiger partial charge in [-0.1, -0.05) is 18.2 Å². The second-order valence-electron chi connectivity index (χ2n) is 3.11. The van der Waals surface area contributed by atoms with Crippen LogP contribution in [-0.4, -0.2) is 17.2 Å². The zero-order valence-electron chi connectivity index (χ0n) is 8.34. The van der Waals surface area contributed by atoms with Crippen LogP contribution in [0.5, 0.6) is 11.6 Å². The van der Waals surface area contributed by atoms with Crippen LogP contribution in [0, 0.1) is 0 Å². The van der Waals surface area contributed by atoms with Crippen LogP contribution in [0.15, 0.2) is 42.6 Å². The average molecular weight is 201 g/mol. The number of methoxy groups -OCH3 is 1. The summed E-state index contributed by atoms with van der Waals surface area (Å²) in [6, 6.07) is 10.8. The van der Waals surface area contributed by atoms with Gasteiger partial charge in [0.15, 0.2) is 0 Å². The van der Waals surface area contributed by atoms with Crippen molar-refractivity contribution >= 4 is 0 Å². The van der Waals surface area contributed by atoms with Crippen molar-refractivity contribution in [2.24, 2.45) is 0 Å². The van der Waals surface area contributed by atoms with Gasteiger partial charge in [0, 0.05) is 23.4 Å². The summed E-state index contributed by atoms with van der Waals surface area (Å²) < 4.78 is 4.96. The van der Waals surface area contributed by atoms with Crippen molar-refractivity contribution in [3.8, 4) is 22.8 Å². The van der Waals surface area contributed by atoms with Gasteiger partial charge in [-0.15, -0.1) is 0 Å². The molecule has 0 amide bonds. The largest absolute Gasteiger partial charge is 0.507 e. The molecule has 0 aliphatic rings. The summed E-state index contributed by atoms with van der Waals surface area (Å²) in [6.45, 7) is 0. The molecular formula is C12H11NO2. The molecule has 0 saturated heterocycles. The molecule has 2 aromatic rings. The van der Waals surface area contributed by atoms with E-state index in [0.717, 1.165) is 11.1 Å². The third-order valence-corrected chi connectivity index (χ3v) is 2.16. The van der Waals surface area contributed by atoms with E-state index in [2.05, 4.69) is 4.98 Å². The highest BCUT2D eigenvalue weighted by atomic mass is 16.5. The SMILES string of the molecule is COc1ccc(-c2ccccc2O)cn1. The first-order valence-corrected chi connectivity index (χ1v) is 4.59. The van der Waals surface area contributed by atoms with Gasteiger partial charge < -0.3 is 9.84 Å². The molecule has 0 aliphatic heterocycles. The fourth-order valence-electron chi connectivity index (χ4n) is 1.38. The van der Waals surface area contributed by atoms with Gasteiger partial charge in [0.25, 0.3) is 0 Å². The lowest BCUT2D eigenvalue weighted by atomic mass is 10.1. The van der Waals surface area contributed by atoms with Gasteiger partial charge in [0.05, 0.1) is 7.11 Å². The number of aromatic hydroxyl groups is 1. The second-order valence-corrected chi connectivity index (χ2v) is 3.11. The first-order chi connectivity index (χ1) is 7.31. The van der Waals surface area contributed by atoms with Crippen molar-refractivity contribution in [2.45, 2.75) is 0 Å². The van der Waals surface area contributed by atoms with Crippen LogP contribution in [0.4, 0.5) is 0 Å². The molecule has 2 rings (SSSR count). The van der Waals surface area contributed by atoms with Crippen molar-refractivity contribution < 1.29 is 9.84 Å². The quantitative estimate of drug-likeness (QED) is 0.811. The van der Waals surface area contributed by atoms with Crippen molar-refractivity contribution in [1.82, 2.24) is 4.98 Å². The molecule has 0 bridgehead atoms. The summed E-state index contributed by atoms with van der Waals surface area (Å²) in [5.41, 5.74) is 1.64. The van der Waals surface area contributed by atoms with Gasteiger partial charge in [-0.05, 0) is 12.1 Å². The maximum Gasteiger partial charge on any atom is 0.212 e. The van der Waals surface area contributed by atoms with E-state index >= 15 is 0 Å². The number of phenolic OH excluding ortho intramolecular Hbond substituents is 1. The lowest BCUT2D eigenvalue weighted by molar-refractivity contribution is 0.398. The summed E-state index contributed by atoms with van der Waals surface area (Å²) in [4.78, 5) is 4.08. The standard InChI is InChI=1S/C12H11NO2/c1-15-12-7-6-9(8-13-12)10-4-2-3-5-11(10)14/h2-8,14H,1H3. The molecule has 1 N–H and O–H groups in total. The molecule has 0 aliphatic carbocycles. The Morgan fingerprint density at radius 3 is 2.53 bits per heavy atom. The molecule has 76 valence electrons. The Kier molecular flexibility index (Phi) is 2.54. The molecule has 0 unspecified atom stereocenters. The van der Waals surface area contributed by atoms with Gasteiger partial charge in [0.1, 0.15) is 5.75 Å². The lowest BCUT2D eigenvalue weighted by Gasteiger charge is -2.04. The summed E-state index contributed by atoms with van der Waals surface area (Å²) in [6.07, 6.45) is 1.67. The molecule has 3 heteroatoms. The molecule has 3 nitrogen and oxygen atoms in total. The smallest absolute Gasteiger partial charge is 0.212 e. The van der Waals surface area contributed by atoms with E-state index in [1.165, 1.54) is 0 Å². The number of aromatic nitrogens is 1. The minimum atomic E-state index is 0.254. The van der Waals surface area contributed by atoms with E-state index in [-0.39, 0.29) is 5.75 Å². The maximum atomic E-state index is 9.63. The monoisotopic (exact) mass is 201 g/mol. The van der Waals surface area contributed by atoms with Gasteiger partial charge in [-0.3, -0.25) is 0 Å². The van der Waals surface area contributed by atoms with Crippen LogP contribution in [0.25, 0.3) is 11.1 Å². The molecule has 0 radical (unpaired) electrons. The maximum absolute atomic E-state index is 9.63. The number of ether oxygens (including phenoxy) is 1. The molecule has 0 saturated carbocycles. The van der Waals surface area contributed by atoms with E-state index < -0.39 is 0 Å². The number of nitrogens with zero attached hydrogens (tertiary/aromatic N) is 1. The Morgan fingerprint density at radius 2 is 1.93 bits per heavy atom. The van der Waals surface area contributed by atoms with Crippen LogP contribution in [0.2, 0.25) is 0 Å². The molecule has 1 heterocycles.